The van der Waals surface area contributed by atoms with Gasteiger partial charge < -0.3 is 25.7 Å². The summed E-state index contributed by atoms with van der Waals surface area (Å²) in [6.07, 6.45) is 0.316. The molecule has 20 heavy (non-hydrogen) atoms. The van der Waals surface area contributed by atoms with Crippen LogP contribution in [0.1, 0.15) is 42.0 Å². The van der Waals surface area contributed by atoms with Gasteiger partial charge in [-0.1, -0.05) is 14.9 Å². The number of rotatable bonds is 3. The number of hydrogen-bond acceptors (Lipinski definition) is 7. The summed E-state index contributed by atoms with van der Waals surface area (Å²) < 4.78 is 4.08. The molecule has 0 aliphatic carbocycles. The van der Waals surface area contributed by atoms with Gasteiger partial charge >= 0.3 is 13.4 Å². The first-order valence-corrected chi connectivity index (χ1v) is 5.17. The Kier molecular flexibility index (Phi) is 22.6. The molecule has 1 rings (SSSR count). The van der Waals surface area contributed by atoms with Gasteiger partial charge in [0.15, 0.2) is 0 Å². The van der Waals surface area contributed by atoms with E-state index in [1.54, 1.807) is 0 Å². The highest BCUT2D eigenvalue weighted by molar-refractivity contribution is 5.92. The van der Waals surface area contributed by atoms with E-state index in [1.165, 1.54) is 14.1 Å². The predicted molar refractivity (Wildman–Crippen MR) is 73.3 cm³/mol. The molecule has 0 atom stereocenters. The first kappa shape index (κ1) is 26.6. The lowest BCUT2D eigenvalue weighted by Crippen LogP contribution is -2.25. The second-order valence-electron chi connectivity index (χ2n) is 2.89. The van der Waals surface area contributed by atoms with Gasteiger partial charge in [-0.05, 0) is 13.5 Å². The molecule has 0 radical (unpaired) electrons. The lowest BCUT2D eigenvalue weighted by atomic mass is 10.3. The standard InChI is InChI=1S/C5H9NO3.C4H4O3.CH5N.2CH4/c1-6-4(7)2-3-5(8)9;5-3-1-2-4(6)7-3;1-2;;/h2-3H2,1H3,(H,6,7)(H,8,9);1-2H2;2H2,1H3;2*1H4. The number of amides is 1. The number of esters is 2. The van der Waals surface area contributed by atoms with E-state index in [4.69, 9.17) is 0 Å². The van der Waals surface area contributed by atoms with Crippen LogP contribution in [0.2, 0.25) is 0 Å². The smallest absolute Gasteiger partial charge is 0.550 e. The third-order valence-electron chi connectivity index (χ3n) is 1.60. The van der Waals surface area contributed by atoms with Crippen LogP contribution in [-0.4, -0.2) is 37.9 Å². The highest BCUT2D eigenvalue weighted by Crippen LogP contribution is 2.03. The Morgan fingerprint density at radius 1 is 1.20 bits per heavy atom. The maximum absolute atomic E-state index is 10.3. The lowest BCUT2D eigenvalue weighted by molar-refractivity contribution is -0.305. The fourth-order valence-electron chi connectivity index (χ4n) is 0.774. The van der Waals surface area contributed by atoms with Crippen molar-refractivity contribution < 1.29 is 30.4 Å². The van der Waals surface area contributed by atoms with Crippen molar-refractivity contribution in [2.24, 2.45) is 5.73 Å². The quantitative estimate of drug-likeness (QED) is 0.506. The molecule has 1 aliphatic rings. The number of carbonyl (C=O) groups excluding carboxylic acids is 4. The predicted octanol–water partition coefficient (Wildman–Crippen LogP) is -0.928. The van der Waals surface area contributed by atoms with Crippen LogP contribution in [0.4, 0.5) is 0 Å². The number of hydrogen-bond donors (Lipinski definition) is 2. The van der Waals surface area contributed by atoms with Crippen LogP contribution >= 0.6 is 0 Å². The highest BCUT2D eigenvalue weighted by atomic mass is 16.6. The topological polar surface area (TPSA) is 139 Å². The van der Waals surface area contributed by atoms with E-state index >= 15 is 0 Å². The monoisotopic (exact) mass is 294 g/mol. The van der Waals surface area contributed by atoms with Gasteiger partial charge in [0.25, 0.3) is 0 Å². The number of carboxylic acid groups (broad SMARTS) is 1. The molecule has 1 fully saturated rings. The van der Waals surface area contributed by atoms with Crippen molar-refractivity contribution in [1.82, 2.24) is 5.32 Å². The summed E-state index contributed by atoms with van der Waals surface area (Å²) in [5.74, 6) is -2.27. The third-order valence-corrected chi connectivity index (χ3v) is 1.60. The Morgan fingerprint density at radius 2 is 1.60 bits per heavy atom. The van der Waals surface area contributed by atoms with Crippen LogP contribution in [0.3, 0.4) is 0 Å². The van der Waals surface area contributed by atoms with E-state index in [1.807, 2.05) is 0 Å². The molecule has 1 heterocycles. The lowest BCUT2D eigenvalue weighted by Gasteiger charge is -1.98. The van der Waals surface area contributed by atoms with E-state index < -0.39 is 17.9 Å². The first-order chi connectivity index (χ1) is 8.45. The van der Waals surface area contributed by atoms with Crippen LogP contribution in [0.15, 0.2) is 0 Å². The molecule has 0 aromatic rings. The Hall–Kier alpha value is -1.96. The van der Waals surface area contributed by atoms with Crippen LogP contribution < -0.4 is 16.2 Å². The molecule has 0 spiro atoms. The summed E-state index contributed by atoms with van der Waals surface area (Å²) in [7, 11) is 2.96. The van der Waals surface area contributed by atoms with Crippen LogP contribution in [-0.2, 0) is 23.9 Å². The average Bonchev–Trinajstić information content (AvgIpc) is 2.73. The fourth-order valence-corrected chi connectivity index (χ4v) is 0.774. The van der Waals surface area contributed by atoms with Crippen LogP contribution in [0.5, 0.6) is 0 Å². The van der Waals surface area contributed by atoms with Crippen molar-refractivity contribution in [3.8, 4) is 0 Å². The van der Waals surface area contributed by atoms with Crippen LogP contribution in [0, 0.1) is 0 Å². The Labute approximate surface area is 121 Å². The zero-order valence-electron chi connectivity index (χ0n) is 11.4. The van der Waals surface area contributed by atoms with Crippen molar-refractivity contribution in [2.75, 3.05) is 14.1 Å². The Bertz CT molecular complexity index is 296. The van der Waals surface area contributed by atoms with E-state index in [2.05, 4.69) is 15.8 Å². The van der Waals surface area contributed by atoms with Crippen molar-refractivity contribution in [2.45, 2.75) is 40.5 Å². The van der Waals surface area contributed by atoms with Crippen molar-refractivity contribution in [3.05, 3.63) is 0 Å². The highest BCUT2D eigenvalue weighted by Gasteiger charge is 2.19. The second kappa shape index (κ2) is 17.0. The maximum atomic E-state index is 10.3. The largest absolute Gasteiger partial charge is 1.00 e. The van der Waals surface area contributed by atoms with Crippen molar-refractivity contribution in [1.29, 1.82) is 0 Å². The summed E-state index contributed by atoms with van der Waals surface area (Å²) in [6.45, 7) is 0. The second-order valence-corrected chi connectivity index (χ2v) is 2.89. The zero-order valence-corrected chi connectivity index (χ0v) is 10.4. The molecule has 8 heteroatoms. The molecule has 1 saturated heterocycles. The number of aliphatic carboxylic acids is 1. The molecule has 1 aliphatic heterocycles. The molecule has 0 bridgehead atoms. The van der Waals surface area contributed by atoms with Gasteiger partial charge in [0.2, 0.25) is 5.91 Å². The maximum Gasteiger partial charge on any atom is 1.00 e. The molecule has 8 nitrogen and oxygen atoms in total. The van der Waals surface area contributed by atoms with E-state index in [-0.39, 0.29) is 47.9 Å². The van der Waals surface area contributed by atoms with E-state index in [0.717, 1.165) is 0 Å². The molecule has 0 aromatic carbocycles. The molecule has 3 N–H and O–H groups in total. The SMILES string of the molecule is C.C.CN.CNC(=O)CCC(=O)[O-].O=C1CCC(=O)O1.[H+]. The van der Waals surface area contributed by atoms with Crippen molar-refractivity contribution in [3.63, 3.8) is 0 Å². The minimum atomic E-state index is -1.20. The van der Waals surface area contributed by atoms with Gasteiger partial charge in [0, 0.05) is 19.4 Å². The zero-order chi connectivity index (χ0) is 14.6. The van der Waals surface area contributed by atoms with Gasteiger partial charge in [-0.3, -0.25) is 14.4 Å². The van der Waals surface area contributed by atoms with Gasteiger partial charge in [-0.15, -0.1) is 0 Å². The molecule has 1 amide bonds. The van der Waals surface area contributed by atoms with Gasteiger partial charge in [0.1, 0.15) is 0 Å². The third kappa shape index (κ3) is 18.4. The summed E-state index contributed by atoms with van der Waals surface area (Å²) in [5, 5.41) is 12.0. The van der Waals surface area contributed by atoms with Gasteiger partial charge in [-0.2, -0.15) is 0 Å². The molecule has 0 unspecified atom stereocenters. The van der Waals surface area contributed by atoms with Gasteiger partial charge in [0.05, 0.1) is 12.8 Å². The van der Waals surface area contributed by atoms with E-state index in [9.17, 15) is 24.3 Å². The first-order valence-electron chi connectivity index (χ1n) is 5.17. The summed E-state index contributed by atoms with van der Waals surface area (Å²) in [4.78, 5) is 40.1. The number of carboxylic acids is 1. The summed E-state index contributed by atoms with van der Waals surface area (Å²) in [6, 6.07) is 0. The van der Waals surface area contributed by atoms with Crippen molar-refractivity contribution >= 4 is 23.8 Å². The molecular weight excluding hydrogens is 268 g/mol. The number of cyclic esters (lactones) is 2. The normalized spacial score (nSPS) is 11.2. The molecule has 120 valence electrons. The Balaban J connectivity index is -0.0000000650. The summed E-state index contributed by atoms with van der Waals surface area (Å²) in [5.41, 5.74) is 4.50. The Morgan fingerprint density at radius 3 is 1.80 bits per heavy atom. The molecule has 0 aromatic heterocycles. The number of nitrogens with one attached hydrogen (secondary N) is 1. The molecule has 0 saturated carbocycles. The van der Waals surface area contributed by atoms with Gasteiger partial charge in [-0.25, -0.2) is 0 Å². The number of nitrogens with two attached hydrogens (primary N) is 1. The van der Waals surface area contributed by atoms with Crippen LogP contribution in [0.25, 0.3) is 0 Å². The number of ether oxygens (including phenoxy) is 1. The minimum absolute atomic E-state index is 0. The number of carbonyl (C=O) groups is 4. The molecular formula is C12H26N2O6. The van der Waals surface area contributed by atoms with E-state index in [0.29, 0.717) is 0 Å². The minimum Gasteiger partial charge on any atom is -0.550 e. The summed E-state index contributed by atoms with van der Waals surface area (Å²) >= 11 is 0. The fraction of sp³-hybridized carbons (Fsp3) is 0.667. The average molecular weight is 294 g/mol.